The normalized spacial score (nSPS) is 14.7. The Morgan fingerprint density at radius 2 is 2.04 bits per heavy atom. The van der Waals surface area contributed by atoms with Crippen molar-refractivity contribution in [3.05, 3.63) is 58.6 Å². The van der Waals surface area contributed by atoms with Gasteiger partial charge in [0.1, 0.15) is 10.8 Å². The molecule has 0 atom stereocenters. The van der Waals surface area contributed by atoms with E-state index in [1.165, 1.54) is 0 Å². The van der Waals surface area contributed by atoms with Gasteiger partial charge >= 0.3 is 6.16 Å². The first-order chi connectivity index (χ1) is 12.3. The van der Waals surface area contributed by atoms with Crippen molar-refractivity contribution in [2.45, 2.75) is 25.7 Å². The van der Waals surface area contributed by atoms with Crippen LogP contribution in [-0.2, 0) is 10.7 Å². The molecule has 1 aromatic carbocycles. The first-order valence-corrected chi connectivity index (χ1v) is 9.15. The molecule has 0 bridgehead atoms. The molecule has 0 fully saturated rings. The monoisotopic (exact) mass is 387 g/mol. The molecule has 4 nitrogen and oxygen atoms in total. The molecule has 0 radical (unpaired) electrons. The van der Waals surface area contributed by atoms with Crippen molar-refractivity contribution in [3.8, 4) is 0 Å². The molecule has 0 unspecified atom stereocenters. The lowest BCUT2D eigenvalue weighted by atomic mass is 10.1. The fourth-order valence-corrected chi connectivity index (χ4v) is 3.66. The van der Waals surface area contributed by atoms with E-state index >= 15 is 0 Å². The molecule has 1 aliphatic heterocycles. The van der Waals surface area contributed by atoms with E-state index in [1.54, 1.807) is 12.2 Å². The van der Waals surface area contributed by atoms with Crippen LogP contribution < -0.4 is 0 Å². The molecule has 0 amide bonds. The number of rotatable bonds is 8. The summed E-state index contributed by atoms with van der Waals surface area (Å²) in [5.41, 5.74) is -0.246. The standard InChI is InChI=1S/C18H20F3NO3S/c1-2-10-22-11-3-4-15(25-17(23)24)16(22)26-12-9-18(20,21)13-5-7-14(19)8-6-13/h3-8H,2,9-12H2,1H3,(H,23,24). The minimum absolute atomic E-state index is 0.0558. The van der Waals surface area contributed by atoms with Gasteiger partial charge in [-0.05, 0) is 24.6 Å². The van der Waals surface area contributed by atoms with Crippen LogP contribution in [0.1, 0.15) is 25.3 Å². The van der Waals surface area contributed by atoms with Crippen LogP contribution in [0.15, 0.2) is 47.2 Å². The van der Waals surface area contributed by atoms with Gasteiger partial charge in [-0.15, -0.1) is 11.8 Å². The van der Waals surface area contributed by atoms with Gasteiger partial charge in [-0.1, -0.05) is 25.1 Å². The van der Waals surface area contributed by atoms with Gasteiger partial charge in [-0.3, -0.25) is 0 Å². The summed E-state index contributed by atoms with van der Waals surface area (Å²) in [6.45, 7) is 3.20. The Labute approximate surface area is 154 Å². The Morgan fingerprint density at radius 3 is 2.65 bits per heavy atom. The molecule has 1 heterocycles. The highest BCUT2D eigenvalue weighted by Gasteiger charge is 2.31. The SMILES string of the molecule is CCCN1CC=CC(OC(=O)O)=C1SCCC(F)(F)c1ccc(F)cc1. The second kappa shape index (κ2) is 9.02. The van der Waals surface area contributed by atoms with Crippen LogP contribution in [0.25, 0.3) is 0 Å². The van der Waals surface area contributed by atoms with E-state index in [0.29, 0.717) is 18.1 Å². The topological polar surface area (TPSA) is 49.8 Å². The number of thioether (sulfide) groups is 1. The Bertz CT molecular complexity index is 689. The predicted molar refractivity (Wildman–Crippen MR) is 94.5 cm³/mol. The average molecular weight is 387 g/mol. The van der Waals surface area contributed by atoms with Gasteiger partial charge in [0.15, 0.2) is 5.76 Å². The third kappa shape index (κ3) is 5.45. The van der Waals surface area contributed by atoms with Gasteiger partial charge in [0.2, 0.25) is 0 Å². The number of halogens is 3. The van der Waals surface area contributed by atoms with Crippen LogP contribution in [0.5, 0.6) is 0 Å². The molecule has 0 aromatic heterocycles. The zero-order valence-corrected chi connectivity index (χ0v) is 15.1. The van der Waals surface area contributed by atoms with Crippen molar-refractivity contribution in [2.75, 3.05) is 18.8 Å². The van der Waals surface area contributed by atoms with E-state index in [2.05, 4.69) is 0 Å². The van der Waals surface area contributed by atoms with Crippen LogP contribution in [0, 0.1) is 5.82 Å². The maximum atomic E-state index is 14.3. The van der Waals surface area contributed by atoms with Gasteiger partial charge in [-0.25, -0.2) is 18.0 Å². The minimum atomic E-state index is -3.10. The van der Waals surface area contributed by atoms with Gasteiger partial charge in [-0.2, -0.15) is 0 Å². The largest absolute Gasteiger partial charge is 0.511 e. The van der Waals surface area contributed by atoms with E-state index in [1.807, 2.05) is 11.8 Å². The molecule has 8 heteroatoms. The zero-order chi connectivity index (χ0) is 19.2. The summed E-state index contributed by atoms with van der Waals surface area (Å²) in [4.78, 5) is 12.8. The molecular weight excluding hydrogens is 367 g/mol. The third-order valence-corrected chi connectivity index (χ3v) is 4.85. The fraction of sp³-hybridized carbons (Fsp3) is 0.389. The van der Waals surface area contributed by atoms with Crippen molar-refractivity contribution in [2.24, 2.45) is 0 Å². The van der Waals surface area contributed by atoms with Crippen molar-refractivity contribution in [3.63, 3.8) is 0 Å². The van der Waals surface area contributed by atoms with Gasteiger partial charge < -0.3 is 14.7 Å². The molecular formula is C18H20F3NO3S. The Balaban J connectivity index is 2.07. The summed E-state index contributed by atoms with van der Waals surface area (Å²) in [5, 5.41) is 9.39. The first-order valence-electron chi connectivity index (χ1n) is 8.16. The molecule has 2 rings (SSSR count). The summed E-state index contributed by atoms with van der Waals surface area (Å²) in [5.74, 6) is -3.47. The van der Waals surface area contributed by atoms with Gasteiger partial charge in [0, 0.05) is 30.8 Å². The van der Waals surface area contributed by atoms with Gasteiger partial charge in [0.25, 0.3) is 5.92 Å². The highest BCUT2D eigenvalue weighted by Crippen LogP contribution is 2.36. The predicted octanol–water partition coefficient (Wildman–Crippen LogP) is 5.19. The fourth-order valence-electron chi connectivity index (χ4n) is 2.51. The number of benzene rings is 1. The van der Waals surface area contributed by atoms with E-state index in [-0.39, 0.29) is 17.1 Å². The molecule has 0 spiro atoms. The number of hydrogen-bond acceptors (Lipinski definition) is 4. The maximum Gasteiger partial charge on any atom is 0.511 e. The summed E-state index contributed by atoms with van der Waals surface area (Å²) < 4.78 is 46.3. The summed E-state index contributed by atoms with van der Waals surface area (Å²) in [6.07, 6.45) is 2.23. The van der Waals surface area contributed by atoms with E-state index in [0.717, 1.165) is 42.4 Å². The third-order valence-electron chi connectivity index (χ3n) is 3.71. The van der Waals surface area contributed by atoms with Crippen molar-refractivity contribution < 1.29 is 27.8 Å². The van der Waals surface area contributed by atoms with Crippen LogP contribution in [-0.4, -0.2) is 35.0 Å². The Hall–Kier alpha value is -2.09. The van der Waals surface area contributed by atoms with Crippen molar-refractivity contribution in [1.29, 1.82) is 0 Å². The van der Waals surface area contributed by atoms with Crippen LogP contribution in [0.3, 0.4) is 0 Å². The summed E-state index contributed by atoms with van der Waals surface area (Å²) in [6, 6.07) is 4.16. The maximum absolute atomic E-state index is 14.3. The molecule has 1 N–H and O–H groups in total. The van der Waals surface area contributed by atoms with Crippen molar-refractivity contribution in [1.82, 2.24) is 4.90 Å². The number of alkyl halides is 2. The van der Waals surface area contributed by atoms with Crippen LogP contribution in [0.2, 0.25) is 0 Å². The summed E-state index contributed by atoms with van der Waals surface area (Å²) >= 11 is 1.13. The number of nitrogens with zero attached hydrogens (tertiary/aromatic N) is 1. The number of ether oxygens (including phenoxy) is 1. The molecule has 142 valence electrons. The number of carboxylic acid groups (broad SMARTS) is 1. The highest BCUT2D eigenvalue weighted by atomic mass is 32.2. The molecule has 1 aliphatic rings. The van der Waals surface area contributed by atoms with Crippen LogP contribution in [0.4, 0.5) is 18.0 Å². The second-order valence-corrected chi connectivity index (χ2v) is 6.78. The molecule has 0 saturated heterocycles. The highest BCUT2D eigenvalue weighted by molar-refractivity contribution is 8.03. The average Bonchev–Trinajstić information content (AvgIpc) is 2.57. The lowest BCUT2D eigenvalue weighted by Crippen LogP contribution is -2.27. The second-order valence-electron chi connectivity index (χ2n) is 5.70. The smallest absolute Gasteiger partial charge is 0.449 e. The summed E-state index contributed by atoms with van der Waals surface area (Å²) in [7, 11) is 0. The van der Waals surface area contributed by atoms with E-state index in [9.17, 15) is 18.0 Å². The minimum Gasteiger partial charge on any atom is -0.449 e. The lowest BCUT2D eigenvalue weighted by Gasteiger charge is -2.29. The quantitative estimate of drug-likeness (QED) is 0.623. The zero-order valence-electron chi connectivity index (χ0n) is 14.3. The number of carbonyl (C=O) groups is 1. The first kappa shape index (κ1) is 20.2. The lowest BCUT2D eigenvalue weighted by molar-refractivity contribution is -0.00708. The van der Waals surface area contributed by atoms with E-state index < -0.39 is 24.3 Å². The number of hydrogen-bond donors (Lipinski definition) is 1. The van der Waals surface area contributed by atoms with E-state index in [4.69, 9.17) is 9.84 Å². The molecule has 0 saturated carbocycles. The number of allylic oxidation sites excluding steroid dienone is 1. The molecule has 1 aromatic rings. The molecule has 0 aliphatic carbocycles. The van der Waals surface area contributed by atoms with Crippen molar-refractivity contribution >= 4 is 17.9 Å². The Morgan fingerprint density at radius 1 is 1.35 bits per heavy atom. The Kier molecular flexibility index (Phi) is 7.02. The van der Waals surface area contributed by atoms with Gasteiger partial charge in [0.05, 0.1) is 0 Å². The van der Waals surface area contributed by atoms with Crippen LogP contribution >= 0.6 is 11.8 Å². The molecule has 26 heavy (non-hydrogen) atoms.